The van der Waals surface area contributed by atoms with Gasteiger partial charge in [-0.25, -0.2) is 0 Å². The van der Waals surface area contributed by atoms with Gasteiger partial charge in [-0.2, -0.15) is 13.2 Å². The molecule has 0 aromatic heterocycles. The van der Waals surface area contributed by atoms with E-state index in [0.29, 0.717) is 17.3 Å². The number of carbonyl (C=O) groups excluding carboxylic acids is 3. The number of amides is 3. The topological polar surface area (TPSA) is 66.5 Å². The number of hydrogen-bond acceptors (Lipinski definition) is 4. The van der Waals surface area contributed by atoms with Gasteiger partial charge in [-0.15, -0.1) is 0 Å². The van der Waals surface area contributed by atoms with Gasteiger partial charge in [0.2, 0.25) is 5.91 Å². The first kappa shape index (κ1) is 23.3. The van der Waals surface area contributed by atoms with Crippen molar-refractivity contribution in [2.75, 3.05) is 11.9 Å². The molecule has 0 spiro atoms. The molecule has 3 aromatic carbocycles. The van der Waals surface area contributed by atoms with Crippen molar-refractivity contribution in [1.82, 2.24) is 4.90 Å². The van der Waals surface area contributed by atoms with Gasteiger partial charge in [0.15, 0.2) is 0 Å². The third kappa shape index (κ3) is 5.37. The Balaban J connectivity index is 1.42. The highest BCUT2D eigenvalue weighted by Gasteiger charge is 2.36. The predicted molar refractivity (Wildman–Crippen MR) is 125 cm³/mol. The number of anilines is 1. The van der Waals surface area contributed by atoms with Crippen LogP contribution in [0.25, 0.3) is 17.2 Å². The summed E-state index contributed by atoms with van der Waals surface area (Å²) in [4.78, 5) is 38.2. The van der Waals surface area contributed by atoms with E-state index in [4.69, 9.17) is 0 Å². The van der Waals surface area contributed by atoms with E-state index in [-0.39, 0.29) is 10.6 Å². The quantitative estimate of drug-likeness (QED) is 0.450. The average Bonchev–Trinajstić information content (AvgIpc) is 3.07. The molecule has 0 bridgehead atoms. The highest BCUT2D eigenvalue weighted by Crippen LogP contribution is 2.33. The van der Waals surface area contributed by atoms with E-state index in [9.17, 15) is 27.6 Å². The van der Waals surface area contributed by atoms with Crippen LogP contribution in [0.15, 0.2) is 83.8 Å². The van der Waals surface area contributed by atoms with E-state index in [2.05, 4.69) is 5.32 Å². The van der Waals surface area contributed by atoms with Crippen LogP contribution < -0.4 is 5.32 Å². The molecule has 1 N–H and O–H groups in total. The fourth-order valence-corrected chi connectivity index (χ4v) is 4.15. The number of nitrogens with zero attached hydrogens (tertiary/aromatic N) is 1. The van der Waals surface area contributed by atoms with Crippen molar-refractivity contribution in [3.05, 3.63) is 94.9 Å². The van der Waals surface area contributed by atoms with Crippen LogP contribution in [0.1, 0.15) is 11.1 Å². The van der Waals surface area contributed by atoms with Crippen LogP contribution in [0.4, 0.5) is 23.7 Å². The molecule has 3 aromatic rings. The molecule has 4 rings (SSSR count). The second-order valence-electron chi connectivity index (χ2n) is 7.38. The van der Waals surface area contributed by atoms with Crippen LogP contribution in [0.2, 0.25) is 0 Å². The van der Waals surface area contributed by atoms with Crippen LogP contribution in [-0.2, 0) is 15.8 Å². The average molecular weight is 482 g/mol. The molecule has 0 saturated carbocycles. The van der Waals surface area contributed by atoms with Crippen molar-refractivity contribution in [2.24, 2.45) is 0 Å². The molecule has 34 heavy (non-hydrogen) atoms. The lowest BCUT2D eigenvalue weighted by atomic mass is 10.0. The molecule has 1 aliphatic heterocycles. The summed E-state index contributed by atoms with van der Waals surface area (Å²) in [6, 6.07) is 21.3. The van der Waals surface area contributed by atoms with E-state index in [1.54, 1.807) is 6.08 Å². The maximum absolute atomic E-state index is 12.8. The molecule has 1 saturated heterocycles. The first-order chi connectivity index (χ1) is 16.2. The number of carbonyl (C=O) groups is 3. The SMILES string of the molecule is O=C(CN1C(=O)S/C(=C\c2ccc(-c3ccccc3)cc2)C1=O)Nc1cccc(C(F)(F)F)c1. The van der Waals surface area contributed by atoms with E-state index in [1.165, 1.54) is 6.07 Å². The highest BCUT2D eigenvalue weighted by molar-refractivity contribution is 8.18. The minimum absolute atomic E-state index is 0.0826. The van der Waals surface area contributed by atoms with E-state index < -0.39 is 35.3 Å². The Labute approximate surface area is 197 Å². The number of alkyl halides is 3. The number of benzene rings is 3. The molecule has 0 radical (unpaired) electrons. The third-order valence-corrected chi connectivity index (χ3v) is 5.87. The van der Waals surface area contributed by atoms with Gasteiger partial charge in [0.1, 0.15) is 6.54 Å². The molecular formula is C25H17F3N2O3S. The van der Waals surface area contributed by atoms with E-state index in [0.717, 1.165) is 34.2 Å². The Morgan fingerprint density at radius 1 is 0.912 bits per heavy atom. The molecule has 1 fully saturated rings. The molecular weight excluding hydrogens is 465 g/mol. The number of nitrogens with one attached hydrogen (secondary N) is 1. The van der Waals surface area contributed by atoms with Crippen molar-refractivity contribution >= 4 is 40.6 Å². The van der Waals surface area contributed by atoms with Gasteiger partial charge in [0.25, 0.3) is 11.1 Å². The maximum atomic E-state index is 12.8. The molecule has 0 unspecified atom stereocenters. The summed E-state index contributed by atoms with van der Waals surface area (Å²) < 4.78 is 38.5. The molecule has 1 heterocycles. The highest BCUT2D eigenvalue weighted by atomic mass is 32.2. The van der Waals surface area contributed by atoms with Crippen LogP contribution in [-0.4, -0.2) is 28.5 Å². The molecule has 3 amide bonds. The van der Waals surface area contributed by atoms with Gasteiger partial charge < -0.3 is 5.32 Å². The first-order valence-corrected chi connectivity index (χ1v) is 10.9. The van der Waals surface area contributed by atoms with Gasteiger partial charge in [0.05, 0.1) is 10.5 Å². The molecule has 5 nitrogen and oxygen atoms in total. The fourth-order valence-electron chi connectivity index (χ4n) is 3.31. The Morgan fingerprint density at radius 2 is 1.59 bits per heavy atom. The summed E-state index contributed by atoms with van der Waals surface area (Å²) in [7, 11) is 0. The third-order valence-electron chi connectivity index (χ3n) is 4.96. The van der Waals surface area contributed by atoms with E-state index >= 15 is 0 Å². The summed E-state index contributed by atoms with van der Waals surface area (Å²) in [6.07, 6.45) is -3.00. The number of halogens is 3. The summed E-state index contributed by atoms with van der Waals surface area (Å²) in [6.45, 7) is -0.606. The summed E-state index contributed by atoms with van der Waals surface area (Å²) in [5.74, 6) is -1.42. The Hall–Kier alpha value is -3.85. The Morgan fingerprint density at radius 3 is 2.26 bits per heavy atom. The van der Waals surface area contributed by atoms with Crippen molar-refractivity contribution in [2.45, 2.75) is 6.18 Å². The van der Waals surface area contributed by atoms with Crippen LogP contribution in [0.3, 0.4) is 0 Å². The largest absolute Gasteiger partial charge is 0.416 e. The van der Waals surface area contributed by atoms with Gasteiger partial charge >= 0.3 is 6.18 Å². The van der Waals surface area contributed by atoms with Crippen LogP contribution in [0, 0.1) is 0 Å². The van der Waals surface area contributed by atoms with Gasteiger partial charge in [0, 0.05) is 5.69 Å². The lowest BCUT2D eigenvalue weighted by Gasteiger charge is -2.13. The van der Waals surface area contributed by atoms with Gasteiger partial charge in [-0.1, -0.05) is 60.7 Å². The zero-order chi connectivity index (χ0) is 24.3. The zero-order valence-electron chi connectivity index (χ0n) is 17.5. The summed E-state index contributed by atoms with van der Waals surface area (Å²) >= 11 is 0.701. The molecule has 172 valence electrons. The lowest BCUT2D eigenvalue weighted by molar-refractivity contribution is -0.137. The van der Waals surface area contributed by atoms with Gasteiger partial charge in [-0.05, 0) is 52.7 Å². The normalized spacial score (nSPS) is 15.1. The number of thioether (sulfide) groups is 1. The molecule has 1 aliphatic rings. The Bertz CT molecular complexity index is 1270. The fraction of sp³-hybridized carbons (Fsp3) is 0.0800. The minimum atomic E-state index is -4.56. The molecule has 0 aliphatic carbocycles. The zero-order valence-corrected chi connectivity index (χ0v) is 18.3. The van der Waals surface area contributed by atoms with E-state index in [1.807, 2.05) is 54.6 Å². The standard InChI is InChI=1S/C25H17F3N2O3S/c26-25(27,28)19-7-4-8-20(14-19)29-22(31)15-30-23(32)21(34-24(30)33)13-16-9-11-18(12-10-16)17-5-2-1-3-6-17/h1-14H,15H2,(H,29,31)/b21-13-. The number of rotatable bonds is 5. The first-order valence-electron chi connectivity index (χ1n) is 10.1. The summed E-state index contributed by atoms with van der Waals surface area (Å²) in [5.41, 5.74) is 1.75. The minimum Gasteiger partial charge on any atom is -0.325 e. The Kier molecular flexibility index (Phi) is 6.56. The number of hydrogen-bond donors (Lipinski definition) is 1. The monoisotopic (exact) mass is 482 g/mol. The van der Waals surface area contributed by atoms with Crippen LogP contribution in [0.5, 0.6) is 0 Å². The van der Waals surface area contributed by atoms with Crippen LogP contribution >= 0.6 is 11.8 Å². The summed E-state index contributed by atoms with van der Waals surface area (Å²) in [5, 5.41) is 1.67. The van der Waals surface area contributed by atoms with Crippen molar-refractivity contribution in [3.8, 4) is 11.1 Å². The van der Waals surface area contributed by atoms with Crippen molar-refractivity contribution < 1.29 is 27.6 Å². The van der Waals surface area contributed by atoms with Crippen molar-refractivity contribution in [1.29, 1.82) is 0 Å². The second kappa shape index (κ2) is 9.56. The second-order valence-corrected chi connectivity index (χ2v) is 8.38. The van der Waals surface area contributed by atoms with Crippen molar-refractivity contribution in [3.63, 3.8) is 0 Å². The number of imide groups is 1. The molecule has 9 heteroatoms. The smallest absolute Gasteiger partial charge is 0.325 e. The lowest BCUT2D eigenvalue weighted by Crippen LogP contribution is -2.36. The predicted octanol–water partition coefficient (Wildman–Crippen LogP) is 6.05. The van der Waals surface area contributed by atoms with Gasteiger partial charge in [-0.3, -0.25) is 19.3 Å². The maximum Gasteiger partial charge on any atom is 0.416 e. The molecule has 0 atom stereocenters.